The second kappa shape index (κ2) is 4.11. The standard InChI is InChI=1S/C13H13NO4S/c14-19(16,17)18-12-6-9-3-1-2-8-4-11(15)5-10(7-12)13(8)9/h4-7,15H,1-3H2,(H2,14,16,17). The molecule has 0 aliphatic heterocycles. The predicted molar refractivity (Wildman–Crippen MR) is 71.4 cm³/mol. The highest BCUT2D eigenvalue weighted by Gasteiger charge is 2.16. The summed E-state index contributed by atoms with van der Waals surface area (Å²) in [7, 11) is -4.04. The summed E-state index contributed by atoms with van der Waals surface area (Å²) in [5, 5.41) is 16.4. The SMILES string of the molecule is NS(=O)(=O)Oc1cc2c3c(cc(O)cc3c1)CCC2. The van der Waals surface area contributed by atoms with Crippen LogP contribution in [0.5, 0.6) is 11.5 Å². The Kier molecular flexibility index (Phi) is 2.65. The van der Waals surface area contributed by atoms with Crippen molar-refractivity contribution in [2.45, 2.75) is 19.3 Å². The summed E-state index contributed by atoms with van der Waals surface area (Å²) >= 11 is 0. The smallest absolute Gasteiger partial charge is 0.380 e. The molecule has 1 aliphatic carbocycles. The molecule has 3 N–H and O–H groups in total. The molecule has 0 saturated carbocycles. The largest absolute Gasteiger partial charge is 0.508 e. The van der Waals surface area contributed by atoms with E-state index in [4.69, 9.17) is 9.32 Å². The molecular formula is C13H13NO4S. The molecule has 0 unspecified atom stereocenters. The number of rotatable bonds is 2. The molecule has 6 heteroatoms. The molecule has 0 radical (unpaired) electrons. The van der Waals surface area contributed by atoms with Crippen molar-refractivity contribution in [1.82, 2.24) is 0 Å². The van der Waals surface area contributed by atoms with E-state index in [0.717, 1.165) is 41.2 Å². The normalized spacial score (nSPS) is 14.6. The first-order chi connectivity index (χ1) is 8.92. The van der Waals surface area contributed by atoms with Crippen LogP contribution in [0.4, 0.5) is 0 Å². The minimum absolute atomic E-state index is 0.170. The van der Waals surface area contributed by atoms with Crippen molar-refractivity contribution in [2.24, 2.45) is 5.14 Å². The fraction of sp³-hybridized carbons (Fsp3) is 0.231. The number of benzene rings is 2. The van der Waals surface area contributed by atoms with Crippen molar-refractivity contribution >= 4 is 21.1 Å². The van der Waals surface area contributed by atoms with Gasteiger partial charge in [-0.3, -0.25) is 0 Å². The lowest BCUT2D eigenvalue weighted by molar-refractivity contribution is 0.475. The zero-order valence-electron chi connectivity index (χ0n) is 10.1. The maximum Gasteiger partial charge on any atom is 0.380 e. The second-order valence-electron chi connectivity index (χ2n) is 4.72. The van der Waals surface area contributed by atoms with Gasteiger partial charge in [-0.05, 0) is 65.4 Å². The van der Waals surface area contributed by atoms with Crippen LogP contribution in [0, 0.1) is 0 Å². The number of aromatic hydroxyl groups is 1. The summed E-state index contributed by atoms with van der Waals surface area (Å²) in [5.41, 5.74) is 2.11. The summed E-state index contributed by atoms with van der Waals surface area (Å²) in [4.78, 5) is 0. The molecule has 2 aromatic carbocycles. The zero-order chi connectivity index (χ0) is 13.6. The fourth-order valence-corrected chi connectivity index (χ4v) is 3.06. The molecule has 2 aromatic rings. The summed E-state index contributed by atoms with van der Waals surface area (Å²) < 4.78 is 26.7. The molecule has 0 fully saturated rings. The highest BCUT2D eigenvalue weighted by Crippen LogP contribution is 2.36. The van der Waals surface area contributed by atoms with E-state index in [1.54, 1.807) is 24.3 Å². The average Bonchev–Trinajstić information content (AvgIpc) is 2.25. The Labute approximate surface area is 110 Å². The maximum absolute atomic E-state index is 11.0. The highest BCUT2D eigenvalue weighted by molar-refractivity contribution is 7.84. The molecule has 0 spiro atoms. The lowest BCUT2D eigenvalue weighted by Crippen LogP contribution is -2.19. The molecule has 0 aromatic heterocycles. The van der Waals surface area contributed by atoms with Crippen LogP contribution in [0.15, 0.2) is 24.3 Å². The molecule has 3 rings (SSSR count). The van der Waals surface area contributed by atoms with Crippen LogP contribution < -0.4 is 9.32 Å². The van der Waals surface area contributed by atoms with Gasteiger partial charge in [0.2, 0.25) is 0 Å². The second-order valence-corrected chi connectivity index (χ2v) is 5.87. The van der Waals surface area contributed by atoms with Gasteiger partial charge in [0.15, 0.2) is 0 Å². The monoisotopic (exact) mass is 279 g/mol. The van der Waals surface area contributed by atoms with Gasteiger partial charge in [0, 0.05) is 0 Å². The van der Waals surface area contributed by atoms with Gasteiger partial charge >= 0.3 is 10.3 Å². The highest BCUT2D eigenvalue weighted by atomic mass is 32.2. The number of hydrogen-bond acceptors (Lipinski definition) is 4. The summed E-state index contributed by atoms with van der Waals surface area (Å²) in [6.45, 7) is 0. The first-order valence-electron chi connectivity index (χ1n) is 5.93. The summed E-state index contributed by atoms with van der Waals surface area (Å²) in [6, 6.07) is 6.64. The summed E-state index contributed by atoms with van der Waals surface area (Å²) in [6.07, 6.45) is 2.73. The van der Waals surface area contributed by atoms with Crippen LogP contribution in [0.2, 0.25) is 0 Å². The van der Waals surface area contributed by atoms with Crippen LogP contribution in [-0.4, -0.2) is 13.5 Å². The summed E-state index contributed by atoms with van der Waals surface area (Å²) in [5.74, 6) is 0.353. The van der Waals surface area contributed by atoms with Crippen molar-refractivity contribution in [1.29, 1.82) is 0 Å². The van der Waals surface area contributed by atoms with Crippen LogP contribution in [0.1, 0.15) is 17.5 Å². The molecule has 1 aliphatic rings. The molecule has 19 heavy (non-hydrogen) atoms. The number of phenolic OH excluding ortho intramolecular Hbond substituents is 1. The van der Waals surface area contributed by atoms with E-state index in [-0.39, 0.29) is 11.5 Å². The quantitative estimate of drug-likeness (QED) is 0.874. The average molecular weight is 279 g/mol. The third kappa shape index (κ3) is 2.36. The lowest BCUT2D eigenvalue weighted by Gasteiger charge is -2.18. The van der Waals surface area contributed by atoms with Crippen LogP contribution in [0.3, 0.4) is 0 Å². The number of aryl methyl sites for hydroxylation is 2. The van der Waals surface area contributed by atoms with Crippen molar-refractivity contribution < 1.29 is 17.7 Å². The Morgan fingerprint density at radius 1 is 1.11 bits per heavy atom. The number of hydrogen-bond donors (Lipinski definition) is 2. The van der Waals surface area contributed by atoms with Crippen LogP contribution in [0.25, 0.3) is 10.8 Å². The van der Waals surface area contributed by atoms with Crippen LogP contribution >= 0.6 is 0 Å². The van der Waals surface area contributed by atoms with E-state index in [1.165, 1.54) is 0 Å². The molecule has 0 heterocycles. The first-order valence-corrected chi connectivity index (χ1v) is 7.40. The van der Waals surface area contributed by atoms with E-state index in [0.29, 0.717) is 0 Å². The van der Waals surface area contributed by atoms with Crippen molar-refractivity contribution in [3.05, 3.63) is 35.4 Å². The third-order valence-electron chi connectivity index (χ3n) is 3.28. The molecular weight excluding hydrogens is 266 g/mol. The van der Waals surface area contributed by atoms with Crippen LogP contribution in [-0.2, 0) is 23.1 Å². The molecule has 5 nitrogen and oxygen atoms in total. The first kappa shape index (κ1) is 12.3. The van der Waals surface area contributed by atoms with E-state index in [1.807, 2.05) is 0 Å². The Morgan fingerprint density at radius 2 is 1.79 bits per heavy atom. The van der Waals surface area contributed by atoms with Gasteiger partial charge in [-0.1, -0.05) is 0 Å². The van der Waals surface area contributed by atoms with E-state index < -0.39 is 10.3 Å². The van der Waals surface area contributed by atoms with Gasteiger partial charge in [-0.25, -0.2) is 0 Å². The van der Waals surface area contributed by atoms with Gasteiger partial charge in [0.1, 0.15) is 11.5 Å². The minimum atomic E-state index is -4.04. The Bertz CT molecular complexity index is 768. The van der Waals surface area contributed by atoms with E-state index >= 15 is 0 Å². The number of nitrogens with two attached hydrogens (primary N) is 1. The molecule has 100 valence electrons. The third-order valence-corrected chi connectivity index (χ3v) is 3.70. The fourth-order valence-electron chi connectivity index (χ4n) is 2.70. The van der Waals surface area contributed by atoms with Crippen molar-refractivity contribution in [3.8, 4) is 11.5 Å². The van der Waals surface area contributed by atoms with Gasteiger partial charge in [0.25, 0.3) is 0 Å². The van der Waals surface area contributed by atoms with E-state index in [9.17, 15) is 13.5 Å². The van der Waals surface area contributed by atoms with Crippen molar-refractivity contribution in [3.63, 3.8) is 0 Å². The Hall–Kier alpha value is -1.79. The molecule has 0 amide bonds. The maximum atomic E-state index is 11.0. The Balaban J connectivity index is 2.25. The number of phenols is 1. The van der Waals surface area contributed by atoms with Crippen molar-refractivity contribution in [2.75, 3.05) is 0 Å². The van der Waals surface area contributed by atoms with Gasteiger partial charge in [0.05, 0.1) is 0 Å². The van der Waals surface area contributed by atoms with Gasteiger partial charge in [-0.15, -0.1) is 0 Å². The molecule has 0 saturated heterocycles. The topological polar surface area (TPSA) is 89.6 Å². The molecule has 0 bridgehead atoms. The Morgan fingerprint density at radius 3 is 2.47 bits per heavy atom. The van der Waals surface area contributed by atoms with Gasteiger partial charge < -0.3 is 9.29 Å². The molecule has 0 atom stereocenters. The van der Waals surface area contributed by atoms with E-state index in [2.05, 4.69) is 0 Å². The minimum Gasteiger partial charge on any atom is -0.508 e. The van der Waals surface area contributed by atoms with Gasteiger partial charge in [-0.2, -0.15) is 13.6 Å². The predicted octanol–water partition coefficient (Wildman–Crippen LogP) is 1.62. The lowest BCUT2D eigenvalue weighted by atomic mass is 9.88. The zero-order valence-corrected chi connectivity index (χ0v) is 10.9.